The van der Waals surface area contributed by atoms with Gasteiger partial charge in [-0.3, -0.25) is 0 Å². The smallest absolute Gasteiger partial charge is 0.328 e. The Morgan fingerprint density at radius 3 is 2.65 bits per heavy atom. The van der Waals surface area contributed by atoms with Crippen LogP contribution in [0.25, 0.3) is 0 Å². The highest BCUT2D eigenvalue weighted by Crippen LogP contribution is 2.22. The van der Waals surface area contributed by atoms with Crippen molar-refractivity contribution in [1.29, 1.82) is 0 Å². The number of rotatable bonds is 5. The van der Waals surface area contributed by atoms with Gasteiger partial charge in [0.15, 0.2) is 0 Å². The Labute approximate surface area is 103 Å². The summed E-state index contributed by atoms with van der Waals surface area (Å²) in [5, 5.41) is 3.17. The maximum absolute atomic E-state index is 11.3. The van der Waals surface area contributed by atoms with Crippen LogP contribution in [0, 0.1) is 7.11 Å². The summed E-state index contributed by atoms with van der Waals surface area (Å²) in [4.78, 5) is 11.3. The third-order valence-corrected chi connectivity index (χ3v) is 2.88. The molecular weight excluding hydrogens is 214 g/mol. The molecule has 1 aromatic carbocycles. The fourth-order valence-electron chi connectivity index (χ4n) is 1.94. The van der Waals surface area contributed by atoms with Gasteiger partial charge in [-0.25, -0.2) is 4.79 Å². The predicted octanol–water partition coefficient (Wildman–Crippen LogP) is 2.95. The molecule has 1 rings (SSSR count). The van der Waals surface area contributed by atoms with Gasteiger partial charge in [-0.05, 0) is 37.0 Å². The molecule has 0 bridgehead atoms. The molecule has 0 aliphatic carbocycles. The van der Waals surface area contributed by atoms with Crippen LogP contribution in [0.1, 0.15) is 31.9 Å². The second kappa shape index (κ2) is 6.28. The lowest BCUT2D eigenvalue weighted by atomic mass is 10.0. The SMILES string of the molecule is [CH2]OC(=O)C(C)Nc1cccc(CC)c1CC. The van der Waals surface area contributed by atoms with Crippen LogP contribution in [-0.2, 0) is 22.4 Å². The summed E-state index contributed by atoms with van der Waals surface area (Å²) in [5.41, 5.74) is 3.58. The molecule has 0 fully saturated rings. The molecule has 1 atom stereocenters. The molecule has 0 aliphatic heterocycles. The second-order valence-electron chi connectivity index (χ2n) is 3.98. The summed E-state index contributed by atoms with van der Waals surface area (Å²) in [5.74, 6) is -0.353. The summed E-state index contributed by atoms with van der Waals surface area (Å²) >= 11 is 0. The molecule has 1 radical (unpaired) electrons. The van der Waals surface area contributed by atoms with E-state index in [9.17, 15) is 4.79 Å². The van der Waals surface area contributed by atoms with Gasteiger partial charge in [-0.2, -0.15) is 0 Å². The average Bonchev–Trinajstić information content (AvgIpc) is 2.37. The van der Waals surface area contributed by atoms with E-state index in [2.05, 4.69) is 37.1 Å². The largest absolute Gasteiger partial charge is 0.461 e. The summed E-state index contributed by atoms with van der Waals surface area (Å²) in [6, 6.07) is 5.73. The van der Waals surface area contributed by atoms with E-state index in [1.807, 2.05) is 12.1 Å². The average molecular weight is 234 g/mol. The molecule has 0 aromatic heterocycles. The Balaban J connectivity index is 2.94. The van der Waals surface area contributed by atoms with Gasteiger partial charge in [-0.15, -0.1) is 0 Å². The van der Waals surface area contributed by atoms with E-state index in [1.165, 1.54) is 11.1 Å². The highest BCUT2D eigenvalue weighted by atomic mass is 16.5. The molecule has 3 nitrogen and oxygen atoms in total. The van der Waals surface area contributed by atoms with E-state index in [0.29, 0.717) is 0 Å². The quantitative estimate of drug-likeness (QED) is 0.796. The molecule has 0 spiro atoms. The number of benzene rings is 1. The molecule has 0 aliphatic rings. The minimum atomic E-state index is -0.384. The van der Waals surface area contributed by atoms with Gasteiger partial charge in [0.2, 0.25) is 0 Å². The first-order chi connectivity index (χ1) is 8.13. The third-order valence-electron chi connectivity index (χ3n) is 2.88. The van der Waals surface area contributed by atoms with Crippen molar-refractivity contribution in [3.63, 3.8) is 0 Å². The minimum Gasteiger partial charge on any atom is -0.461 e. The van der Waals surface area contributed by atoms with Crippen LogP contribution in [0.5, 0.6) is 0 Å². The summed E-state index contributed by atoms with van der Waals surface area (Å²) in [6.07, 6.45) is 1.94. The van der Waals surface area contributed by atoms with E-state index in [1.54, 1.807) is 6.92 Å². The van der Waals surface area contributed by atoms with E-state index in [-0.39, 0.29) is 12.0 Å². The zero-order valence-electron chi connectivity index (χ0n) is 10.7. The number of ether oxygens (including phenoxy) is 1. The van der Waals surface area contributed by atoms with Crippen LogP contribution in [0.4, 0.5) is 5.69 Å². The van der Waals surface area contributed by atoms with E-state index < -0.39 is 0 Å². The summed E-state index contributed by atoms with van der Waals surface area (Å²) in [6.45, 7) is 6.02. The molecule has 93 valence electrons. The summed E-state index contributed by atoms with van der Waals surface area (Å²) in [7, 11) is 3.14. The lowest BCUT2D eigenvalue weighted by Gasteiger charge is -2.17. The van der Waals surface area contributed by atoms with Gasteiger partial charge in [0, 0.05) is 5.69 Å². The van der Waals surface area contributed by atoms with Gasteiger partial charge in [0.25, 0.3) is 0 Å². The maximum atomic E-state index is 11.3. The number of anilines is 1. The molecule has 3 heteroatoms. The van der Waals surface area contributed by atoms with E-state index in [0.717, 1.165) is 18.5 Å². The Bertz CT molecular complexity index is 388. The van der Waals surface area contributed by atoms with Crippen molar-refractivity contribution in [2.24, 2.45) is 0 Å². The molecule has 1 aromatic rings. The van der Waals surface area contributed by atoms with Crippen molar-refractivity contribution in [1.82, 2.24) is 0 Å². The molecule has 0 saturated carbocycles. The number of hydrogen-bond donors (Lipinski definition) is 1. The van der Waals surface area contributed by atoms with Crippen LogP contribution in [0.15, 0.2) is 18.2 Å². The number of aryl methyl sites for hydroxylation is 1. The number of hydrogen-bond acceptors (Lipinski definition) is 3. The van der Waals surface area contributed by atoms with Crippen LogP contribution in [0.3, 0.4) is 0 Å². The van der Waals surface area contributed by atoms with Crippen LogP contribution in [-0.4, -0.2) is 12.0 Å². The van der Waals surface area contributed by atoms with Gasteiger partial charge in [0.1, 0.15) is 13.2 Å². The van der Waals surface area contributed by atoms with Crippen LogP contribution in [0.2, 0.25) is 0 Å². The predicted molar refractivity (Wildman–Crippen MR) is 69.7 cm³/mol. The number of carbonyl (C=O) groups excluding carboxylic acids is 1. The monoisotopic (exact) mass is 234 g/mol. The first kappa shape index (κ1) is 13.6. The lowest BCUT2D eigenvalue weighted by Crippen LogP contribution is -2.27. The first-order valence-corrected chi connectivity index (χ1v) is 5.97. The van der Waals surface area contributed by atoms with Crippen molar-refractivity contribution >= 4 is 11.7 Å². The second-order valence-corrected chi connectivity index (χ2v) is 3.98. The molecule has 17 heavy (non-hydrogen) atoms. The van der Waals surface area contributed by atoms with Crippen molar-refractivity contribution in [2.45, 2.75) is 39.7 Å². The fourth-order valence-corrected chi connectivity index (χ4v) is 1.94. The van der Waals surface area contributed by atoms with E-state index in [4.69, 9.17) is 0 Å². The van der Waals surface area contributed by atoms with Gasteiger partial charge < -0.3 is 10.1 Å². The lowest BCUT2D eigenvalue weighted by molar-refractivity contribution is -0.138. The molecule has 1 N–H and O–H groups in total. The topological polar surface area (TPSA) is 38.3 Å². The van der Waals surface area contributed by atoms with Crippen LogP contribution >= 0.6 is 0 Å². The van der Waals surface area contributed by atoms with Gasteiger partial charge in [0.05, 0.1) is 0 Å². The van der Waals surface area contributed by atoms with E-state index >= 15 is 0 Å². The van der Waals surface area contributed by atoms with Gasteiger partial charge >= 0.3 is 5.97 Å². The van der Waals surface area contributed by atoms with Crippen molar-refractivity contribution in [3.8, 4) is 0 Å². The first-order valence-electron chi connectivity index (χ1n) is 5.97. The molecule has 0 saturated heterocycles. The number of esters is 1. The molecule has 0 amide bonds. The Kier molecular flexibility index (Phi) is 5.01. The number of nitrogens with one attached hydrogen (secondary N) is 1. The highest BCUT2D eigenvalue weighted by molar-refractivity contribution is 5.79. The zero-order chi connectivity index (χ0) is 12.8. The molecular formula is C14H20NO2. The minimum absolute atomic E-state index is 0.353. The van der Waals surface area contributed by atoms with Crippen molar-refractivity contribution in [3.05, 3.63) is 36.4 Å². The Hall–Kier alpha value is -1.51. The standard InChI is InChI=1S/C14H20NO2/c1-5-11-8-7-9-13(12(11)6-2)15-10(3)14(16)17-4/h7-10,15H,4-6H2,1-3H3. The van der Waals surface area contributed by atoms with Crippen LogP contribution < -0.4 is 5.32 Å². The fraction of sp³-hybridized carbons (Fsp3) is 0.429. The Morgan fingerprint density at radius 2 is 2.12 bits per heavy atom. The van der Waals surface area contributed by atoms with Crippen molar-refractivity contribution in [2.75, 3.05) is 5.32 Å². The molecule has 0 heterocycles. The van der Waals surface area contributed by atoms with Gasteiger partial charge in [-0.1, -0.05) is 26.0 Å². The van der Waals surface area contributed by atoms with Crippen molar-refractivity contribution < 1.29 is 9.53 Å². The number of carbonyl (C=O) groups is 1. The maximum Gasteiger partial charge on any atom is 0.328 e. The summed E-state index contributed by atoms with van der Waals surface area (Å²) < 4.78 is 4.46. The normalized spacial score (nSPS) is 12.0. The highest BCUT2D eigenvalue weighted by Gasteiger charge is 2.14. The molecule has 1 unspecified atom stereocenters. The zero-order valence-corrected chi connectivity index (χ0v) is 10.7. The third kappa shape index (κ3) is 3.22. The Morgan fingerprint density at radius 1 is 1.41 bits per heavy atom.